The summed E-state index contributed by atoms with van der Waals surface area (Å²) in [7, 11) is 4.57. The Balaban J connectivity index is 1.71. The number of hydrogen-bond acceptors (Lipinski definition) is 5. The monoisotopic (exact) mass is 455 g/mol. The minimum absolute atomic E-state index is 0.0913. The molecule has 34 heavy (non-hydrogen) atoms. The van der Waals surface area contributed by atoms with Gasteiger partial charge in [0.1, 0.15) is 11.3 Å². The van der Waals surface area contributed by atoms with Crippen LogP contribution in [0, 0.1) is 0 Å². The molecule has 172 valence electrons. The molecule has 0 fully saturated rings. The van der Waals surface area contributed by atoms with Gasteiger partial charge in [-0.3, -0.25) is 0 Å². The van der Waals surface area contributed by atoms with Gasteiger partial charge in [-0.05, 0) is 59.2 Å². The second-order valence-corrected chi connectivity index (χ2v) is 8.15. The van der Waals surface area contributed by atoms with Crippen LogP contribution in [0.15, 0.2) is 66.7 Å². The Bertz CT molecular complexity index is 1550. The number of hydrogen-bond donors (Lipinski definition) is 1. The minimum Gasteiger partial charge on any atom is -0.507 e. The van der Waals surface area contributed by atoms with Crippen molar-refractivity contribution in [2.24, 2.45) is 0 Å². The van der Waals surface area contributed by atoms with Crippen LogP contribution in [0.25, 0.3) is 32.6 Å². The lowest BCUT2D eigenvalue weighted by molar-refractivity contribution is 0.0600. The SMILES string of the molecule is COC(=O)c1c(O)ccc2c1c1cc3ccccc3cc1n2CCc1ccc(OC)c(OC)c1. The Morgan fingerprint density at radius 1 is 0.853 bits per heavy atom. The van der Waals surface area contributed by atoms with Crippen molar-refractivity contribution in [1.29, 1.82) is 0 Å². The number of aryl methyl sites for hydroxylation is 2. The van der Waals surface area contributed by atoms with Gasteiger partial charge in [-0.1, -0.05) is 30.3 Å². The second-order valence-electron chi connectivity index (χ2n) is 8.15. The summed E-state index contributed by atoms with van der Waals surface area (Å²) >= 11 is 0. The first kappa shape index (κ1) is 21.6. The van der Waals surface area contributed by atoms with Crippen molar-refractivity contribution in [2.45, 2.75) is 13.0 Å². The van der Waals surface area contributed by atoms with E-state index in [4.69, 9.17) is 14.2 Å². The molecule has 0 aliphatic rings. The van der Waals surface area contributed by atoms with Gasteiger partial charge in [-0.2, -0.15) is 0 Å². The number of benzene rings is 4. The number of fused-ring (bicyclic) bond motifs is 4. The molecule has 0 saturated heterocycles. The molecule has 0 bridgehead atoms. The van der Waals surface area contributed by atoms with Crippen LogP contribution >= 0.6 is 0 Å². The molecule has 0 saturated carbocycles. The van der Waals surface area contributed by atoms with Gasteiger partial charge >= 0.3 is 5.97 Å². The average molecular weight is 456 g/mol. The summed E-state index contributed by atoms with van der Waals surface area (Å²) in [4.78, 5) is 12.7. The molecule has 4 aromatic carbocycles. The van der Waals surface area contributed by atoms with Crippen LogP contribution in [0.4, 0.5) is 0 Å². The highest BCUT2D eigenvalue weighted by Gasteiger charge is 2.22. The maximum absolute atomic E-state index is 12.7. The second kappa shape index (κ2) is 8.63. The maximum atomic E-state index is 12.7. The van der Waals surface area contributed by atoms with Crippen molar-refractivity contribution in [3.05, 3.63) is 77.9 Å². The van der Waals surface area contributed by atoms with E-state index < -0.39 is 5.97 Å². The third-order valence-corrected chi connectivity index (χ3v) is 6.34. The third kappa shape index (κ3) is 3.48. The summed E-state index contributed by atoms with van der Waals surface area (Å²) in [6.07, 6.45) is 0.737. The van der Waals surface area contributed by atoms with Crippen molar-refractivity contribution in [3.8, 4) is 17.2 Å². The predicted octanol–water partition coefficient (Wildman–Crippen LogP) is 5.70. The Hall–Kier alpha value is -4.19. The highest BCUT2D eigenvalue weighted by molar-refractivity contribution is 6.20. The standard InChI is InChI=1S/C28H25NO5/c1-32-24-11-8-17(14-25(24)33-2)12-13-29-21-9-10-23(30)27(28(31)34-3)26(21)20-15-18-6-4-5-7-19(18)16-22(20)29/h4-11,14-16,30H,12-13H2,1-3H3. The molecule has 0 atom stereocenters. The number of phenolic OH excluding ortho intramolecular Hbond substituents is 1. The molecule has 6 nitrogen and oxygen atoms in total. The lowest BCUT2D eigenvalue weighted by Gasteiger charge is -2.12. The van der Waals surface area contributed by atoms with E-state index in [0.29, 0.717) is 23.4 Å². The molecule has 5 aromatic rings. The number of esters is 1. The van der Waals surface area contributed by atoms with Crippen LogP contribution in [0.1, 0.15) is 15.9 Å². The van der Waals surface area contributed by atoms with E-state index in [1.54, 1.807) is 20.3 Å². The van der Waals surface area contributed by atoms with Gasteiger partial charge in [0.15, 0.2) is 11.5 Å². The fourth-order valence-corrected chi connectivity index (χ4v) is 4.69. The molecular weight excluding hydrogens is 430 g/mol. The zero-order valence-corrected chi connectivity index (χ0v) is 19.3. The summed E-state index contributed by atoms with van der Waals surface area (Å²) in [5.41, 5.74) is 3.14. The Kier molecular flexibility index (Phi) is 5.49. The van der Waals surface area contributed by atoms with E-state index in [1.165, 1.54) is 7.11 Å². The van der Waals surface area contributed by atoms with Gasteiger partial charge in [-0.25, -0.2) is 4.79 Å². The van der Waals surface area contributed by atoms with Gasteiger partial charge in [0.2, 0.25) is 0 Å². The molecule has 1 N–H and O–H groups in total. The highest BCUT2D eigenvalue weighted by Crippen LogP contribution is 2.38. The first-order chi connectivity index (χ1) is 16.5. The fraction of sp³-hybridized carbons (Fsp3) is 0.179. The van der Waals surface area contributed by atoms with Crippen molar-refractivity contribution >= 4 is 38.5 Å². The Morgan fingerprint density at radius 3 is 2.29 bits per heavy atom. The topological polar surface area (TPSA) is 69.9 Å². The summed E-state index contributed by atoms with van der Waals surface area (Å²) < 4.78 is 18.0. The number of nitrogens with zero attached hydrogens (tertiary/aromatic N) is 1. The summed E-state index contributed by atoms with van der Waals surface area (Å²) in [5, 5.41) is 14.3. The summed E-state index contributed by atoms with van der Waals surface area (Å²) in [6.45, 7) is 0.666. The zero-order chi connectivity index (χ0) is 23.8. The average Bonchev–Trinajstić information content (AvgIpc) is 3.17. The van der Waals surface area contributed by atoms with E-state index in [2.05, 4.69) is 22.8 Å². The van der Waals surface area contributed by atoms with Crippen LogP contribution in [0.2, 0.25) is 0 Å². The summed E-state index contributed by atoms with van der Waals surface area (Å²) in [5.74, 6) is 0.723. The van der Waals surface area contributed by atoms with E-state index in [1.807, 2.05) is 42.5 Å². The van der Waals surface area contributed by atoms with Crippen molar-refractivity contribution in [2.75, 3.05) is 21.3 Å². The molecular formula is C28H25NO5. The molecule has 6 heteroatoms. The Labute approximate surface area is 196 Å². The van der Waals surface area contributed by atoms with Gasteiger partial charge < -0.3 is 23.9 Å². The van der Waals surface area contributed by atoms with Crippen molar-refractivity contribution in [3.63, 3.8) is 0 Å². The smallest absolute Gasteiger partial charge is 0.342 e. The molecule has 0 aliphatic carbocycles. The first-order valence-corrected chi connectivity index (χ1v) is 11.0. The van der Waals surface area contributed by atoms with Gasteiger partial charge in [0.05, 0.1) is 26.8 Å². The predicted molar refractivity (Wildman–Crippen MR) is 133 cm³/mol. The van der Waals surface area contributed by atoms with E-state index in [-0.39, 0.29) is 11.3 Å². The number of phenols is 1. The summed E-state index contributed by atoms with van der Waals surface area (Å²) in [6, 6.07) is 21.6. The van der Waals surface area contributed by atoms with Crippen LogP contribution in [-0.4, -0.2) is 37.0 Å². The van der Waals surface area contributed by atoms with Crippen molar-refractivity contribution < 1.29 is 24.1 Å². The zero-order valence-electron chi connectivity index (χ0n) is 19.3. The minimum atomic E-state index is -0.560. The lowest BCUT2D eigenvalue weighted by atomic mass is 10.0. The molecule has 0 amide bonds. The quantitative estimate of drug-likeness (QED) is 0.333. The number of aromatic nitrogens is 1. The number of ether oxygens (including phenoxy) is 3. The van der Waals surface area contributed by atoms with E-state index in [9.17, 15) is 9.90 Å². The molecule has 0 aliphatic heterocycles. The van der Waals surface area contributed by atoms with Gasteiger partial charge in [0.25, 0.3) is 0 Å². The fourth-order valence-electron chi connectivity index (χ4n) is 4.69. The van der Waals surface area contributed by atoms with E-state index in [0.717, 1.165) is 39.2 Å². The first-order valence-electron chi connectivity index (χ1n) is 11.0. The van der Waals surface area contributed by atoms with Gasteiger partial charge in [0, 0.05) is 22.8 Å². The molecule has 0 radical (unpaired) electrons. The normalized spacial score (nSPS) is 11.3. The molecule has 0 spiro atoms. The maximum Gasteiger partial charge on any atom is 0.342 e. The number of aromatic hydroxyl groups is 1. The number of carbonyl (C=O) groups excluding carboxylic acids is 1. The van der Waals surface area contributed by atoms with Crippen LogP contribution in [0.3, 0.4) is 0 Å². The van der Waals surface area contributed by atoms with Crippen LogP contribution < -0.4 is 9.47 Å². The van der Waals surface area contributed by atoms with Gasteiger partial charge in [-0.15, -0.1) is 0 Å². The van der Waals surface area contributed by atoms with Crippen LogP contribution in [0.5, 0.6) is 17.2 Å². The number of methoxy groups -OCH3 is 3. The van der Waals surface area contributed by atoms with Crippen molar-refractivity contribution in [1.82, 2.24) is 4.57 Å². The molecule has 0 unspecified atom stereocenters. The molecule has 5 rings (SSSR count). The Morgan fingerprint density at radius 2 is 1.59 bits per heavy atom. The number of rotatable bonds is 6. The highest BCUT2D eigenvalue weighted by atomic mass is 16.5. The largest absolute Gasteiger partial charge is 0.507 e. The molecule has 1 heterocycles. The lowest BCUT2D eigenvalue weighted by Crippen LogP contribution is -2.04. The third-order valence-electron chi connectivity index (χ3n) is 6.34. The number of carbonyl (C=O) groups is 1. The van der Waals surface area contributed by atoms with E-state index >= 15 is 0 Å². The van der Waals surface area contributed by atoms with Crippen LogP contribution in [-0.2, 0) is 17.7 Å². The molecule has 1 aromatic heterocycles.